The molecule has 9 heavy (non-hydrogen) atoms. The molecular weight excluding hydrogens is 118 g/mol. The average molecular weight is 122 g/mol. The van der Waals surface area contributed by atoms with Gasteiger partial charge in [-0.3, -0.25) is 4.98 Å². The van der Waals surface area contributed by atoms with Gasteiger partial charge in [-0.1, -0.05) is 0 Å². The van der Waals surface area contributed by atoms with Crippen LogP contribution in [-0.4, -0.2) is 11.0 Å². The fraction of sp³-hybridized carbons (Fsp3) is 0. The van der Waals surface area contributed by atoms with Crippen LogP contribution < -0.4 is 5.11 Å². The zero-order valence-corrected chi connectivity index (χ0v) is 4.57. The summed E-state index contributed by atoms with van der Waals surface area (Å²) in [4.78, 5) is 13.7. The third kappa shape index (κ3) is 1.25. The van der Waals surface area contributed by atoms with Gasteiger partial charge in [0.05, 0.1) is 5.97 Å². The molecule has 0 unspecified atom stereocenters. The van der Waals surface area contributed by atoms with Crippen molar-refractivity contribution in [3.05, 3.63) is 30.1 Å². The molecule has 0 N–H and O–H groups in total. The van der Waals surface area contributed by atoms with Crippen LogP contribution in [0, 0.1) is 0 Å². The number of carboxylic acids is 1. The van der Waals surface area contributed by atoms with Crippen molar-refractivity contribution >= 4 is 5.97 Å². The van der Waals surface area contributed by atoms with E-state index >= 15 is 0 Å². The smallest absolute Gasteiger partial charge is 0.0716 e. The first kappa shape index (κ1) is 5.75. The van der Waals surface area contributed by atoms with Gasteiger partial charge in [-0.05, 0) is 12.1 Å². The summed E-state index contributed by atoms with van der Waals surface area (Å²) in [6.45, 7) is 0. The lowest BCUT2D eigenvalue weighted by molar-refractivity contribution is -0.255. The predicted molar refractivity (Wildman–Crippen MR) is 28.6 cm³/mol. The molecule has 1 heterocycles. The Kier molecular flexibility index (Phi) is 1.44. The van der Waals surface area contributed by atoms with Crippen molar-refractivity contribution in [3.8, 4) is 0 Å². The zero-order chi connectivity index (χ0) is 6.69. The molecule has 0 aliphatic carbocycles. The van der Waals surface area contributed by atoms with Crippen molar-refractivity contribution in [1.29, 1.82) is 0 Å². The Morgan fingerprint density at radius 1 is 1.44 bits per heavy atom. The van der Waals surface area contributed by atoms with Gasteiger partial charge in [-0.25, -0.2) is 0 Å². The number of aromatic nitrogens is 1. The van der Waals surface area contributed by atoms with Crippen LogP contribution in [0.3, 0.4) is 0 Å². The number of rotatable bonds is 1. The van der Waals surface area contributed by atoms with Crippen molar-refractivity contribution in [1.82, 2.24) is 4.98 Å². The highest BCUT2D eigenvalue weighted by molar-refractivity contribution is 5.85. The highest BCUT2D eigenvalue weighted by Gasteiger charge is 1.86. The summed E-state index contributed by atoms with van der Waals surface area (Å²) in [5.41, 5.74) is 0.157. The average Bonchev–Trinajstić information content (AvgIpc) is 1.90. The van der Waals surface area contributed by atoms with E-state index in [0.29, 0.717) is 0 Å². The molecule has 0 atom stereocenters. The maximum absolute atomic E-state index is 10.1. The lowest BCUT2D eigenvalue weighted by atomic mass is 10.3. The summed E-state index contributed by atoms with van der Waals surface area (Å²) in [6.07, 6.45) is 2.82. The van der Waals surface area contributed by atoms with E-state index in [9.17, 15) is 9.90 Å². The topological polar surface area (TPSA) is 53.0 Å². The van der Waals surface area contributed by atoms with Crippen LogP contribution in [-0.2, 0) is 0 Å². The molecule has 1 aromatic rings. The molecule has 0 aliphatic rings. The van der Waals surface area contributed by atoms with Crippen LogP contribution in [0.25, 0.3) is 0 Å². The molecular formula is C6H4NO2-. The monoisotopic (exact) mass is 122 g/mol. The Bertz CT molecular complexity index is 208. The van der Waals surface area contributed by atoms with Crippen LogP contribution in [0.1, 0.15) is 10.4 Å². The summed E-state index contributed by atoms with van der Waals surface area (Å²) in [6, 6.07) is 2.77. The van der Waals surface area contributed by atoms with E-state index in [4.69, 9.17) is 0 Å². The lowest BCUT2D eigenvalue weighted by Gasteiger charge is -1.97. The standard InChI is InChI=1S/C6H5NO2/c8-6(9)5-1-3-7-4-2-5/h1-4H,(H,8,9)/p-1. The highest BCUT2D eigenvalue weighted by Crippen LogP contribution is 1.91. The van der Waals surface area contributed by atoms with Crippen molar-refractivity contribution in [2.24, 2.45) is 0 Å². The van der Waals surface area contributed by atoms with Gasteiger partial charge in [-0.2, -0.15) is 0 Å². The molecule has 1 aromatic heterocycles. The molecule has 0 aromatic carbocycles. The molecule has 3 heteroatoms. The third-order valence-electron chi connectivity index (χ3n) is 0.916. The lowest BCUT2D eigenvalue weighted by Crippen LogP contribution is -2.21. The molecule has 0 fully saturated rings. The third-order valence-corrected chi connectivity index (χ3v) is 0.916. The van der Waals surface area contributed by atoms with Crippen molar-refractivity contribution in [3.63, 3.8) is 0 Å². The van der Waals surface area contributed by atoms with Crippen molar-refractivity contribution in [2.45, 2.75) is 0 Å². The molecule has 0 saturated heterocycles. The minimum Gasteiger partial charge on any atom is -0.545 e. The molecule has 0 bridgehead atoms. The van der Waals surface area contributed by atoms with Crippen LogP contribution in [0.15, 0.2) is 24.5 Å². The highest BCUT2D eigenvalue weighted by atomic mass is 16.4. The molecule has 3 nitrogen and oxygen atoms in total. The quantitative estimate of drug-likeness (QED) is 0.502. The Morgan fingerprint density at radius 3 is 2.33 bits per heavy atom. The van der Waals surface area contributed by atoms with Gasteiger partial charge in [0.1, 0.15) is 0 Å². The van der Waals surface area contributed by atoms with Gasteiger partial charge >= 0.3 is 0 Å². The molecule has 0 spiro atoms. The van der Waals surface area contributed by atoms with Gasteiger partial charge in [-0.15, -0.1) is 0 Å². The van der Waals surface area contributed by atoms with Crippen LogP contribution in [0.5, 0.6) is 0 Å². The van der Waals surface area contributed by atoms with Gasteiger partial charge < -0.3 is 9.90 Å². The number of hydrogen-bond acceptors (Lipinski definition) is 3. The zero-order valence-electron chi connectivity index (χ0n) is 4.57. The maximum atomic E-state index is 10.1. The minimum absolute atomic E-state index is 0.157. The summed E-state index contributed by atoms with van der Waals surface area (Å²) in [5.74, 6) is -1.17. The maximum Gasteiger partial charge on any atom is 0.0716 e. The summed E-state index contributed by atoms with van der Waals surface area (Å²) >= 11 is 0. The summed E-state index contributed by atoms with van der Waals surface area (Å²) in [5, 5.41) is 10.1. The van der Waals surface area contributed by atoms with Crippen molar-refractivity contribution in [2.75, 3.05) is 0 Å². The number of nitrogens with zero attached hydrogens (tertiary/aromatic N) is 1. The molecule has 0 saturated carbocycles. The largest absolute Gasteiger partial charge is 0.545 e. The van der Waals surface area contributed by atoms with Gasteiger partial charge in [0, 0.05) is 18.0 Å². The van der Waals surface area contributed by atoms with Crippen LogP contribution in [0.2, 0.25) is 0 Å². The normalized spacial score (nSPS) is 8.89. The fourth-order valence-corrected chi connectivity index (χ4v) is 0.488. The predicted octanol–water partition coefficient (Wildman–Crippen LogP) is -0.555. The fourth-order valence-electron chi connectivity index (χ4n) is 0.488. The van der Waals surface area contributed by atoms with Crippen LogP contribution >= 0.6 is 0 Å². The Hall–Kier alpha value is -1.38. The van der Waals surface area contributed by atoms with Crippen LogP contribution in [0.4, 0.5) is 0 Å². The van der Waals surface area contributed by atoms with E-state index in [1.807, 2.05) is 0 Å². The Labute approximate surface area is 52.0 Å². The minimum atomic E-state index is -1.17. The molecule has 0 radical (unpaired) electrons. The number of carbonyl (C=O) groups excluding carboxylic acids is 1. The second kappa shape index (κ2) is 2.26. The van der Waals surface area contributed by atoms with Crippen molar-refractivity contribution < 1.29 is 9.90 Å². The Morgan fingerprint density at radius 2 is 2.00 bits per heavy atom. The molecule has 46 valence electrons. The van der Waals surface area contributed by atoms with Gasteiger partial charge in [0.25, 0.3) is 0 Å². The van der Waals surface area contributed by atoms with E-state index in [1.165, 1.54) is 24.5 Å². The number of aromatic carboxylic acids is 1. The number of hydrogen-bond donors (Lipinski definition) is 0. The second-order valence-corrected chi connectivity index (χ2v) is 1.52. The van der Waals surface area contributed by atoms with E-state index in [-0.39, 0.29) is 5.56 Å². The first-order chi connectivity index (χ1) is 4.30. The first-order valence-electron chi connectivity index (χ1n) is 2.42. The number of pyridine rings is 1. The summed E-state index contributed by atoms with van der Waals surface area (Å²) < 4.78 is 0. The van der Waals surface area contributed by atoms with E-state index in [2.05, 4.69) is 4.98 Å². The summed E-state index contributed by atoms with van der Waals surface area (Å²) in [7, 11) is 0. The molecule has 0 aliphatic heterocycles. The second-order valence-electron chi connectivity index (χ2n) is 1.52. The number of carboxylic acid groups (broad SMARTS) is 1. The van der Waals surface area contributed by atoms with Gasteiger partial charge in [0.2, 0.25) is 0 Å². The molecule has 0 amide bonds. The van der Waals surface area contributed by atoms with E-state index < -0.39 is 5.97 Å². The van der Waals surface area contributed by atoms with E-state index in [0.717, 1.165) is 0 Å². The first-order valence-corrected chi connectivity index (χ1v) is 2.42. The van der Waals surface area contributed by atoms with Gasteiger partial charge in [0.15, 0.2) is 0 Å². The molecule has 1 rings (SSSR count). The van der Waals surface area contributed by atoms with E-state index in [1.54, 1.807) is 0 Å². The Balaban J connectivity index is 2.98. The SMILES string of the molecule is O=C([O-])c1ccncc1. The number of carbonyl (C=O) groups is 1.